The van der Waals surface area contributed by atoms with Gasteiger partial charge in [-0.25, -0.2) is 0 Å². The zero-order chi connectivity index (χ0) is 11.4. The highest BCUT2D eigenvalue weighted by molar-refractivity contribution is 4.99. The molecule has 0 aliphatic heterocycles. The Morgan fingerprint density at radius 1 is 1.44 bits per heavy atom. The van der Waals surface area contributed by atoms with Crippen LogP contribution in [0.15, 0.2) is 22.8 Å². The predicted molar refractivity (Wildman–Crippen MR) is 66.4 cm³/mol. The van der Waals surface area contributed by atoms with Gasteiger partial charge in [-0.2, -0.15) is 0 Å². The molecule has 2 rings (SSSR count). The van der Waals surface area contributed by atoms with Gasteiger partial charge in [0.25, 0.3) is 0 Å². The zero-order valence-corrected chi connectivity index (χ0v) is 10.4. The van der Waals surface area contributed by atoms with E-state index in [1.165, 1.54) is 19.3 Å². The van der Waals surface area contributed by atoms with Gasteiger partial charge in [0.1, 0.15) is 5.76 Å². The highest BCUT2D eigenvalue weighted by atomic mass is 16.3. The SMILES string of the molecule is CC(C)CC(CNC1CC1)Cc1ccco1. The molecule has 0 spiro atoms. The molecule has 1 aliphatic rings. The van der Waals surface area contributed by atoms with Crippen molar-refractivity contribution in [3.05, 3.63) is 24.2 Å². The van der Waals surface area contributed by atoms with Crippen LogP contribution in [0.25, 0.3) is 0 Å². The maximum Gasteiger partial charge on any atom is 0.104 e. The molecular weight excluding hydrogens is 198 g/mol. The van der Waals surface area contributed by atoms with E-state index >= 15 is 0 Å². The molecule has 90 valence electrons. The number of nitrogens with one attached hydrogen (secondary N) is 1. The third-order valence-electron chi connectivity index (χ3n) is 3.15. The van der Waals surface area contributed by atoms with Crippen molar-refractivity contribution in [2.75, 3.05) is 6.54 Å². The summed E-state index contributed by atoms with van der Waals surface area (Å²) < 4.78 is 5.44. The van der Waals surface area contributed by atoms with Gasteiger partial charge >= 0.3 is 0 Å². The lowest BCUT2D eigenvalue weighted by Crippen LogP contribution is -2.27. The molecule has 1 N–H and O–H groups in total. The van der Waals surface area contributed by atoms with Crippen LogP contribution >= 0.6 is 0 Å². The second kappa shape index (κ2) is 5.53. The van der Waals surface area contributed by atoms with Crippen LogP contribution in [0.2, 0.25) is 0 Å². The van der Waals surface area contributed by atoms with Crippen molar-refractivity contribution in [3.8, 4) is 0 Å². The molecule has 1 unspecified atom stereocenters. The highest BCUT2D eigenvalue weighted by Gasteiger charge is 2.22. The van der Waals surface area contributed by atoms with Crippen LogP contribution in [0, 0.1) is 11.8 Å². The topological polar surface area (TPSA) is 25.2 Å². The Morgan fingerprint density at radius 2 is 2.25 bits per heavy atom. The Labute approximate surface area is 98.4 Å². The zero-order valence-electron chi connectivity index (χ0n) is 10.4. The lowest BCUT2D eigenvalue weighted by molar-refractivity contribution is 0.357. The molecule has 2 nitrogen and oxygen atoms in total. The van der Waals surface area contributed by atoms with Crippen molar-refractivity contribution in [3.63, 3.8) is 0 Å². The van der Waals surface area contributed by atoms with Gasteiger partial charge in [-0.05, 0) is 49.8 Å². The van der Waals surface area contributed by atoms with Crippen LogP contribution in [0.4, 0.5) is 0 Å². The van der Waals surface area contributed by atoms with Crippen LogP contribution in [-0.4, -0.2) is 12.6 Å². The van der Waals surface area contributed by atoms with E-state index in [0.29, 0.717) is 5.92 Å². The third kappa shape index (κ3) is 4.01. The van der Waals surface area contributed by atoms with E-state index in [9.17, 15) is 0 Å². The van der Waals surface area contributed by atoms with E-state index in [1.54, 1.807) is 6.26 Å². The van der Waals surface area contributed by atoms with Gasteiger partial charge in [-0.15, -0.1) is 0 Å². The number of hydrogen-bond donors (Lipinski definition) is 1. The first kappa shape index (κ1) is 11.7. The fourth-order valence-electron chi connectivity index (χ4n) is 2.24. The summed E-state index contributed by atoms with van der Waals surface area (Å²) in [4.78, 5) is 0. The smallest absolute Gasteiger partial charge is 0.104 e. The van der Waals surface area contributed by atoms with Crippen LogP contribution < -0.4 is 5.32 Å². The molecular formula is C14H23NO. The fraction of sp³-hybridized carbons (Fsp3) is 0.714. The van der Waals surface area contributed by atoms with Crippen LogP contribution in [0.3, 0.4) is 0 Å². The first-order chi connectivity index (χ1) is 7.74. The minimum Gasteiger partial charge on any atom is -0.469 e. The summed E-state index contributed by atoms with van der Waals surface area (Å²) >= 11 is 0. The summed E-state index contributed by atoms with van der Waals surface area (Å²) in [6.07, 6.45) is 6.87. The number of rotatable bonds is 7. The van der Waals surface area contributed by atoms with Gasteiger partial charge in [-0.3, -0.25) is 0 Å². The first-order valence-corrected chi connectivity index (χ1v) is 6.50. The molecule has 1 aromatic rings. The molecule has 16 heavy (non-hydrogen) atoms. The Morgan fingerprint density at radius 3 is 2.81 bits per heavy atom. The molecule has 1 aromatic heterocycles. The molecule has 0 amide bonds. The molecule has 1 saturated carbocycles. The minimum absolute atomic E-state index is 0.715. The lowest BCUT2D eigenvalue weighted by Gasteiger charge is -2.18. The van der Waals surface area contributed by atoms with E-state index in [0.717, 1.165) is 30.7 Å². The van der Waals surface area contributed by atoms with Crippen molar-refractivity contribution in [2.24, 2.45) is 11.8 Å². The van der Waals surface area contributed by atoms with Gasteiger partial charge in [0.15, 0.2) is 0 Å². The van der Waals surface area contributed by atoms with Gasteiger partial charge in [-0.1, -0.05) is 13.8 Å². The number of hydrogen-bond acceptors (Lipinski definition) is 2. The van der Waals surface area contributed by atoms with E-state index in [1.807, 2.05) is 6.07 Å². The standard InChI is InChI=1S/C14H23NO/c1-11(2)8-12(10-15-13-5-6-13)9-14-4-3-7-16-14/h3-4,7,11-13,15H,5-6,8-10H2,1-2H3. The van der Waals surface area contributed by atoms with Crippen molar-refractivity contribution in [2.45, 2.75) is 45.6 Å². The Bertz CT molecular complexity index is 288. The molecule has 0 saturated heterocycles. The first-order valence-electron chi connectivity index (χ1n) is 6.50. The van der Waals surface area contributed by atoms with Crippen molar-refractivity contribution in [1.29, 1.82) is 0 Å². The summed E-state index contributed by atoms with van der Waals surface area (Å²) in [5, 5.41) is 3.63. The molecule has 1 aliphatic carbocycles. The second-order valence-corrected chi connectivity index (χ2v) is 5.46. The van der Waals surface area contributed by atoms with Crippen molar-refractivity contribution in [1.82, 2.24) is 5.32 Å². The Balaban J connectivity index is 1.80. The molecule has 0 radical (unpaired) electrons. The normalized spacial score (nSPS) is 17.9. The lowest BCUT2D eigenvalue weighted by atomic mass is 9.93. The summed E-state index contributed by atoms with van der Waals surface area (Å²) in [6, 6.07) is 4.88. The van der Waals surface area contributed by atoms with Crippen LogP contribution in [0.5, 0.6) is 0 Å². The monoisotopic (exact) mass is 221 g/mol. The largest absolute Gasteiger partial charge is 0.469 e. The maximum atomic E-state index is 5.44. The van der Waals surface area contributed by atoms with Crippen molar-refractivity contribution < 1.29 is 4.42 Å². The fourth-order valence-corrected chi connectivity index (χ4v) is 2.24. The van der Waals surface area contributed by atoms with E-state index in [4.69, 9.17) is 4.42 Å². The van der Waals surface area contributed by atoms with E-state index < -0.39 is 0 Å². The molecule has 0 bridgehead atoms. The van der Waals surface area contributed by atoms with E-state index in [2.05, 4.69) is 25.2 Å². The number of furan rings is 1. The van der Waals surface area contributed by atoms with Gasteiger partial charge in [0.05, 0.1) is 6.26 Å². The van der Waals surface area contributed by atoms with Gasteiger partial charge < -0.3 is 9.73 Å². The summed E-state index contributed by atoms with van der Waals surface area (Å²) in [6.45, 7) is 5.74. The second-order valence-electron chi connectivity index (χ2n) is 5.46. The summed E-state index contributed by atoms with van der Waals surface area (Å²) in [5.41, 5.74) is 0. The quantitative estimate of drug-likeness (QED) is 0.764. The minimum atomic E-state index is 0.715. The predicted octanol–water partition coefficient (Wildman–Crippen LogP) is 3.24. The highest BCUT2D eigenvalue weighted by Crippen LogP contribution is 2.22. The third-order valence-corrected chi connectivity index (χ3v) is 3.15. The average Bonchev–Trinajstić information content (AvgIpc) is 2.92. The molecule has 1 atom stereocenters. The summed E-state index contributed by atoms with van der Waals surface area (Å²) in [5.74, 6) is 2.61. The Kier molecular flexibility index (Phi) is 4.05. The van der Waals surface area contributed by atoms with Gasteiger partial charge in [0.2, 0.25) is 0 Å². The maximum absolute atomic E-state index is 5.44. The average molecular weight is 221 g/mol. The molecule has 1 heterocycles. The van der Waals surface area contributed by atoms with Crippen LogP contribution in [-0.2, 0) is 6.42 Å². The van der Waals surface area contributed by atoms with Crippen LogP contribution in [0.1, 0.15) is 38.9 Å². The van der Waals surface area contributed by atoms with E-state index in [-0.39, 0.29) is 0 Å². The summed E-state index contributed by atoms with van der Waals surface area (Å²) in [7, 11) is 0. The van der Waals surface area contributed by atoms with Gasteiger partial charge in [0, 0.05) is 12.5 Å². The van der Waals surface area contributed by atoms with Crippen molar-refractivity contribution >= 4 is 0 Å². The molecule has 2 heteroatoms. The Hall–Kier alpha value is -0.760. The molecule has 1 fully saturated rings. The molecule has 0 aromatic carbocycles.